The minimum absolute atomic E-state index is 0.00498. The highest BCUT2D eigenvalue weighted by Crippen LogP contribution is 2.20. The van der Waals surface area contributed by atoms with E-state index in [4.69, 9.17) is 0 Å². The molecule has 1 unspecified atom stereocenters. The number of carbonyl (C=O) groups excluding carboxylic acids is 1. The van der Waals surface area contributed by atoms with Gasteiger partial charge in [-0.25, -0.2) is 4.98 Å². The number of hydrogen-bond donors (Lipinski definition) is 1. The van der Waals surface area contributed by atoms with Crippen molar-refractivity contribution >= 4 is 44.5 Å². The molecule has 1 aromatic heterocycles. The molecule has 122 valence electrons. The van der Waals surface area contributed by atoms with Gasteiger partial charge in [0.25, 0.3) is 0 Å². The SMILES string of the molecule is CC(NC(=O)CSc1ccc2ccccc2n1)c1ccc(Br)cc1. The zero-order chi connectivity index (χ0) is 16.9. The molecule has 2 aromatic carbocycles. The van der Waals surface area contributed by atoms with Gasteiger partial charge < -0.3 is 5.32 Å². The van der Waals surface area contributed by atoms with Gasteiger partial charge in [-0.2, -0.15) is 0 Å². The Balaban J connectivity index is 1.57. The van der Waals surface area contributed by atoms with Crippen molar-refractivity contribution in [3.63, 3.8) is 0 Å². The molecule has 1 heterocycles. The number of nitrogens with zero attached hydrogens (tertiary/aromatic N) is 1. The Morgan fingerprint density at radius 1 is 1.12 bits per heavy atom. The molecule has 5 heteroatoms. The van der Waals surface area contributed by atoms with Crippen LogP contribution >= 0.6 is 27.7 Å². The Labute approximate surface area is 154 Å². The van der Waals surface area contributed by atoms with Crippen LogP contribution in [0.1, 0.15) is 18.5 Å². The van der Waals surface area contributed by atoms with Gasteiger partial charge in [0.05, 0.1) is 22.3 Å². The maximum atomic E-state index is 12.2. The summed E-state index contributed by atoms with van der Waals surface area (Å²) >= 11 is 4.87. The van der Waals surface area contributed by atoms with Crippen molar-refractivity contribution in [1.82, 2.24) is 10.3 Å². The van der Waals surface area contributed by atoms with Crippen molar-refractivity contribution < 1.29 is 4.79 Å². The standard InChI is InChI=1S/C19H17BrN2OS/c1-13(14-6-9-16(20)10-7-14)21-18(23)12-24-19-11-8-15-4-2-3-5-17(15)22-19/h2-11,13H,12H2,1H3,(H,21,23). The molecule has 0 aliphatic rings. The number of thioether (sulfide) groups is 1. The van der Waals surface area contributed by atoms with Gasteiger partial charge >= 0.3 is 0 Å². The fourth-order valence-electron chi connectivity index (χ4n) is 2.39. The number of para-hydroxylation sites is 1. The first-order valence-electron chi connectivity index (χ1n) is 7.65. The van der Waals surface area contributed by atoms with E-state index in [0.717, 1.165) is 26.0 Å². The van der Waals surface area contributed by atoms with E-state index in [9.17, 15) is 4.79 Å². The normalized spacial score (nSPS) is 12.1. The maximum absolute atomic E-state index is 12.2. The second-order valence-corrected chi connectivity index (χ2v) is 7.38. The van der Waals surface area contributed by atoms with Crippen molar-refractivity contribution in [3.8, 4) is 0 Å². The molecule has 1 atom stereocenters. The number of benzene rings is 2. The van der Waals surface area contributed by atoms with Crippen LogP contribution in [0, 0.1) is 0 Å². The first-order valence-corrected chi connectivity index (χ1v) is 9.43. The molecule has 0 saturated heterocycles. The number of fused-ring (bicyclic) bond motifs is 1. The van der Waals surface area contributed by atoms with Gasteiger partial charge in [0.15, 0.2) is 0 Å². The summed E-state index contributed by atoms with van der Waals surface area (Å²) in [6, 6.07) is 19.9. The molecular formula is C19H17BrN2OS. The fraction of sp³-hybridized carbons (Fsp3) is 0.158. The minimum Gasteiger partial charge on any atom is -0.349 e. The zero-order valence-corrected chi connectivity index (χ0v) is 15.6. The Kier molecular flexibility index (Phi) is 5.53. The molecule has 24 heavy (non-hydrogen) atoms. The van der Waals surface area contributed by atoms with Gasteiger partial charge in [-0.3, -0.25) is 4.79 Å². The van der Waals surface area contributed by atoms with Crippen LogP contribution in [0.25, 0.3) is 10.9 Å². The van der Waals surface area contributed by atoms with E-state index in [1.54, 1.807) is 0 Å². The van der Waals surface area contributed by atoms with Crippen LogP contribution in [0.15, 0.2) is 70.2 Å². The van der Waals surface area contributed by atoms with Crippen molar-refractivity contribution in [2.75, 3.05) is 5.75 Å². The number of pyridine rings is 1. The summed E-state index contributed by atoms with van der Waals surface area (Å²) in [7, 11) is 0. The van der Waals surface area contributed by atoms with Crippen LogP contribution in [0.2, 0.25) is 0 Å². The molecule has 1 N–H and O–H groups in total. The predicted molar refractivity (Wildman–Crippen MR) is 103 cm³/mol. The van der Waals surface area contributed by atoms with E-state index in [1.807, 2.05) is 67.6 Å². The fourth-order valence-corrected chi connectivity index (χ4v) is 3.34. The average Bonchev–Trinajstić information content (AvgIpc) is 2.60. The first-order chi connectivity index (χ1) is 11.6. The summed E-state index contributed by atoms with van der Waals surface area (Å²) in [5, 5.41) is 4.99. The van der Waals surface area contributed by atoms with Crippen LogP contribution in [-0.4, -0.2) is 16.6 Å². The number of aromatic nitrogens is 1. The number of nitrogens with one attached hydrogen (secondary N) is 1. The van der Waals surface area contributed by atoms with E-state index in [1.165, 1.54) is 11.8 Å². The molecule has 1 amide bonds. The summed E-state index contributed by atoms with van der Waals surface area (Å²) < 4.78 is 1.03. The van der Waals surface area contributed by atoms with Crippen LogP contribution in [0.5, 0.6) is 0 Å². The molecule has 0 spiro atoms. The summed E-state index contributed by atoms with van der Waals surface area (Å²) in [6.45, 7) is 1.99. The Morgan fingerprint density at radius 2 is 1.88 bits per heavy atom. The van der Waals surface area contributed by atoms with Crippen LogP contribution in [0.4, 0.5) is 0 Å². The Morgan fingerprint density at radius 3 is 2.67 bits per heavy atom. The summed E-state index contributed by atoms with van der Waals surface area (Å²) in [5.74, 6) is 0.358. The average molecular weight is 401 g/mol. The Bertz CT molecular complexity index is 851. The third kappa shape index (κ3) is 4.36. The van der Waals surface area contributed by atoms with E-state index >= 15 is 0 Å². The monoisotopic (exact) mass is 400 g/mol. The third-order valence-electron chi connectivity index (χ3n) is 3.67. The Hall–Kier alpha value is -1.85. The van der Waals surface area contributed by atoms with Gasteiger partial charge in [-0.05, 0) is 36.8 Å². The van der Waals surface area contributed by atoms with E-state index in [2.05, 4.69) is 26.2 Å². The number of rotatable bonds is 5. The smallest absolute Gasteiger partial charge is 0.230 e. The second kappa shape index (κ2) is 7.81. The lowest BCUT2D eigenvalue weighted by molar-refractivity contribution is -0.119. The molecule has 0 aliphatic heterocycles. The van der Waals surface area contributed by atoms with Crippen LogP contribution in [-0.2, 0) is 4.79 Å². The molecule has 3 aromatic rings. The second-order valence-electron chi connectivity index (χ2n) is 5.47. The van der Waals surface area contributed by atoms with Crippen LogP contribution in [0.3, 0.4) is 0 Å². The maximum Gasteiger partial charge on any atom is 0.230 e. The first kappa shape index (κ1) is 17.0. The lowest BCUT2D eigenvalue weighted by Gasteiger charge is -2.14. The van der Waals surface area contributed by atoms with Crippen molar-refractivity contribution in [1.29, 1.82) is 0 Å². The molecule has 3 rings (SSSR count). The third-order valence-corrected chi connectivity index (χ3v) is 5.13. The topological polar surface area (TPSA) is 42.0 Å². The number of hydrogen-bond acceptors (Lipinski definition) is 3. The highest BCUT2D eigenvalue weighted by molar-refractivity contribution is 9.10. The van der Waals surface area contributed by atoms with Gasteiger partial charge in [0, 0.05) is 9.86 Å². The minimum atomic E-state index is -0.0178. The highest BCUT2D eigenvalue weighted by Gasteiger charge is 2.10. The molecule has 3 nitrogen and oxygen atoms in total. The summed E-state index contributed by atoms with van der Waals surface area (Å²) in [4.78, 5) is 16.7. The highest BCUT2D eigenvalue weighted by atomic mass is 79.9. The predicted octanol–water partition coefficient (Wildman–Crippen LogP) is 4.97. The molecule has 0 radical (unpaired) electrons. The molecule has 0 fully saturated rings. The van der Waals surface area contributed by atoms with Crippen LogP contribution < -0.4 is 5.32 Å². The van der Waals surface area contributed by atoms with Gasteiger partial charge in [0.2, 0.25) is 5.91 Å². The number of halogens is 1. The van der Waals surface area contributed by atoms with Gasteiger partial charge in [-0.1, -0.05) is 64.1 Å². The summed E-state index contributed by atoms with van der Waals surface area (Å²) in [6.07, 6.45) is 0. The van der Waals surface area contributed by atoms with Gasteiger partial charge in [-0.15, -0.1) is 0 Å². The molecule has 0 bridgehead atoms. The van der Waals surface area contributed by atoms with Crippen molar-refractivity contribution in [2.24, 2.45) is 0 Å². The number of carbonyl (C=O) groups is 1. The molecule has 0 saturated carbocycles. The lowest BCUT2D eigenvalue weighted by Crippen LogP contribution is -2.28. The zero-order valence-electron chi connectivity index (χ0n) is 13.2. The lowest BCUT2D eigenvalue weighted by atomic mass is 10.1. The van der Waals surface area contributed by atoms with Crippen molar-refractivity contribution in [2.45, 2.75) is 18.0 Å². The van der Waals surface area contributed by atoms with E-state index < -0.39 is 0 Å². The quantitative estimate of drug-likeness (QED) is 0.614. The van der Waals surface area contributed by atoms with E-state index in [0.29, 0.717) is 5.75 Å². The largest absolute Gasteiger partial charge is 0.349 e. The summed E-state index contributed by atoms with van der Waals surface area (Å²) in [5.41, 5.74) is 2.03. The van der Waals surface area contributed by atoms with Gasteiger partial charge in [0.1, 0.15) is 0 Å². The van der Waals surface area contributed by atoms with E-state index in [-0.39, 0.29) is 11.9 Å². The van der Waals surface area contributed by atoms with Crippen molar-refractivity contribution in [3.05, 3.63) is 70.7 Å². The molecular weight excluding hydrogens is 384 g/mol. The molecule has 0 aliphatic carbocycles. The number of amides is 1.